The van der Waals surface area contributed by atoms with Gasteiger partial charge in [-0.3, -0.25) is 9.88 Å². The second-order valence-corrected chi connectivity index (χ2v) is 6.27. The highest BCUT2D eigenvalue weighted by Crippen LogP contribution is 2.51. The molecule has 0 unspecified atom stereocenters. The highest BCUT2D eigenvalue weighted by Gasteiger charge is 2.55. The average molecular weight is 291 g/mol. The predicted molar refractivity (Wildman–Crippen MR) is 80.6 cm³/mol. The third kappa shape index (κ3) is 2.97. The average Bonchev–Trinajstić information content (AvgIpc) is 2.53. The molecule has 2 aliphatic rings. The zero-order chi connectivity index (χ0) is 14.7. The third-order valence-electron chi connectivity index (χ3n) is 5.10. The molecule has 2 heterocycles. The molecule has 1 spiro atoms. The molecular weight excluding hydrogens is 266 g/mol. The number of nitrogens with zero attached hydrogens (tertiary/aromatic N) is 2. The number of ether oxygens (including phenoxy) is 1. The van der Waals surface area contributed by atoms with Crippen LogP contribution in [0.3, 0.4) is 0 Å². The van der Waals surface area contributed by atoms with E-state index in [0.29, 0.717) is 13.2 Å². The molecule has 0 bridgehead atoms. The summed E-state index contributed by atoms with van der Waals surface area (Å²) in [5.41, 5.74) is 6.74. The Hall–Kier alpha value is -1.01. The van der Waals surface area contributed by atoms with Gasteiger partial charge >= 0.3 is 0 Å². The number of aliphatic hydroxyl groups excluding tert-OH is 1. The highest BCUT2D eigenvalue weighted by atomic mass is 16.5. The van der Waals surface area contributed by atoms with Gasteiger partial charge in [0.25, 0.3) is 0 Å². The molecule has 21 heavy (non-hydrogen) atoms. The van der Waals surface area contributed by atoms with Crippen LogP contribution in [0, 0.1) is 5.41 Å². The summed E-state index contributed by atoms with van der Waals surface area (Å²) in [5, 5.41) is 10.2. The van der Waals surface area contributed by atoms with Gasteiger partial charge in [-0.05, 0) is 37.6 Å². The first-order valence-electron chi connectivity index (χ1n) is 7.85. The van der Waals surface area contributed by atoms with Gasteiger partial charge in [-0.25, -0.2) is 0 Å². The van der Waals surface area contributed by atoms with Crippen LogP contribution < -0.4 is 5.73 Å². The van der Waals surface area contributed by atoms with E-state index in [-0.39, 0.29) is 17.6 Å². The van der Waals surface area contributed by atoms with Crippen LogP contribution >= 0.6 is 0 Å². The summed E-state index contributed by atoms with van der Waals surface area (Å²) in [7, 11) is 0. The minimum absolute atomic E-state index is 0.0272. The topological polar surface area (TPSA) is 71.6 Å². The van der Waals surface area contributed by atoms with Gasteiger partial charge in [0, 0.05) is 37.3 Å². The first kappa shape index (κ1) is 14.9. The molecule has 1 aliphatic heterocycles. The summed E-state index contributed by atoms with van der Waals surface area (Å²) in [4.78, 5) is 6.60. The van der Waals surface area contributed by atoms with Crippen molar-refractivity contribution in [3.05, 3.63) is 30.1 Å². The summed E-state index contributed by atoms with van der Waals surface area (Å²) in [5.74, 6) is 0. The number of hydrogen-bond acceptors (Lipinski definition) is 5. The first-order chi connectivity index (χ1) is 10.2. The fraction of sp³-hybridized carbons (Fsp3) is 0.688. The van der Waals surface area contributed by atoms with Crippen LogP contribution in [0.2, 0.25) is 0 Å². The Balaban J connectivity index is 1.54. The van der Waals surface area contributed by atoms with Gasteiger partial charge in [0.05, 0.1) is 18.8 Å². The van der Waals surface area contributed by atoms with Crippen molar-refractivity contribution in [2.75, 3.05) is 26.2 Å². The Morgan fingerprint density at radius 2 is 2.24 bits per heavy atom. The zero-order valence-electron chi connectivity index (χ0n) is 12.4. The summed E-state index contributed by atoms with van der Waals surface area (Å²) >= 11 is 0. The van der Waals surface area contributed by atoms with E-state index in [1.807, 2.05) is 12.3 Å². The van der Waals surface area contributed by atoms with Gasteiger partial charge in [-0.2, -0.15) is 0 Å². The molecular formula is C16H25N3O2. The SMILES string of the molecule is NCCO[C@@H]1C[C@H](O)C12CCN(Cc1cccnc1)CC2. The van der Waals surface area contributed by atoms with Gasteiger partial charge in [0.2, 0.25) is 0 Å². The fourth-order valence-electron chi connectivity index (χ4n) is 3.70. The molecule has 2 atom stereocenters. The number of rotatable bonds is 5. The van der Waals surface area contributed by atoms with Crippen LogP contribution in [0.4, 0.5) is 0 Å². The van der Waals surface area contributed by atoms with E-state index in [9.17, 15) is 5.11 Å². The quantitative estimate of drug-likeness (QED) is 0.838. The predicted octanol–water partition coefficient (Wildman–Crippen LogP) is 0.772. The third-order valence-corrected chi connectivity index (χ3v) is 5.10. The van der Waals surface area contributed by atoms with E-state index in [1.54, 1.807) is 6.20 Å². The minimum Gasteiger partial charge on any atom is -0.392 e. The van der Waals surface area contributed by atoms with Crippen LogP contribution in [0.25, 0.3) is 0 Å². The molecule has 5 heteroatoms. The fourth-order valence-corrected chi connectivity index (χ4v) is 3.70. The van der Waals surface area contributed by atoms with Gasteiger partial charge in [0.15, 0.2) is 0 Å². The van der Waals surface area contributed by atoms with E-state index in [0.717, 1.165) is 38.9 Å². The highest BCUT2D eigenvalue weighted by molar-refractivity contribution is 5.10. The van der Waals surface area contributed by atoms with Crippen molar-refractivity contribution >= 4 is 0 Å². The van der Waals surface area contributed by atoms with Crippen molar-refractivity contribution in [2.24, 2.45) is 11.1 Å². The Kier molecular flexibility index (Phi) is 4.54. The smallest absolute Gasteiger partial charge is 0.0682 e. The molecule has 0 aromatic carbocycles. The van der Waals surface area contributed by atoms with Crippen molar-refractivity contribution in [2.45, 2.75) is 38.0 Å². The molecule has 0 radical (unpaired) electrons. The van der Waals surface area contributed by atoms with E-state index >= 15 is 0 Å². The number of hydrogen-bond donors (Lipinski definition) is 2. The van der Waals surface area contributed by atoms with Crippen LogP contribution in [-0.4, -0.2) is 53.4 Å². The lowest BCUT2D eigenvalue weighted by Crippen LogP contribution is -2.62. The van der Waals surface area contributed by atoms with Crippen LogP contribution in [0.5, 0.6) is 0 Å². The molecule has 0 amide bonds. The number of pyridine rings is 1. The molecule has 1 saturated heterocycles. The normalized spacial score (nSPS) is 28.5. The molecule has 1 saturated carbocycles. The molecule has 1 aliphatic carbocycles. The van der Waals surface area contributed by atoms with Crippen LogP contribution in [0.15, 0.2) is 24.5 Å². The largest absolute Gasteiger partial charge is 0.392 e. The van der Waals surface area contributed by atoms with E-state index in [2.05, 4.69) is 16.0 Å². The summed E-state index contributed by atoms with van der Waals surface area (Å²) < 4.78 is 5.83. The Morgan fingerprint density at radius 3 is 2.86 bits per heavy atom. The Bertz CT molecular complexity index is 446. The molecule has 2 fully saturated rings. The lowest BCUT2D eigenvalue weighted by molar-refractivity contribution is -0.210. The van der Waals surface area contributed by atoms with Crippen molar-refractivity contribution in [1.82, 2.24) is 9.88 Å². The maximum atomic E-state index is 10.2. The standard InChI is InChI=1S/C16H25N3O2/c17-5-9-21-15-10-14(20)16(15)3-7-19(8-4-16)12-13-2-1-6-18-11-13/h1-2,6,11,14-15,20H,3-5,7-10,12,17H2/t14-,15+/m0/s1. The van der Waals surface area contributed by atoms with Gasteiger partial charge in [0.1, 0.15) is 0 Å². The van der Waals surface area contributed by atoms with Gasteiger partial charge in [-0.1, -0.05) is 6.07 Å². The van der Waals surface area contributed by atoms with E-state index < -0.39 is 0 Å². The zero-order valence-corrected chi connectivity index (χ0v) is 12.4. The maximum Gasteiger partial charge on any atom is 0.0682 e. The molecule has 5 nitrogen and oxygen atoms in total. The first-order valence-corrected chi connectivity index (χ1v) is 7.85. The van der Waals surface area contributed by atoms with Crippen molar-refractivity contribution in [1.29, 1.82) is 0 Å². The molecule has 1 aromatic rings. The Morgan fingerprint density at radius 1 is 1.43 bits per heavy atom. The second-order valence-electron chi connectivity index (χ2n) is 6.27. The Labute approximate surface area is 126 Å². The van der Waals surface area contributed by atoms with E-state index in [4.69, 9.17) is 10.5 Å². The van der Waals surface area contributed by atoms with Crippen LogP contribution in [-0.2, 0) is 11.3 Å². The van der Waals surface area contributed by atoms with Crippen molar-refractivity contribution in [3.63, 3.8) is 0 Å². The molecule has 3 N–H and O–H groups in total. The second kappa shape index (κ2) is 6.40. The van der Waals surface area contributed by atoms with Crippen molar-refractivity contribution < 1.29 is 9.84 Å². The molecule has 3 rings (SSSR count). The number of likely N-dealkylation sites (tertiary alicyclic amines) is 1. The van der Waals surface area contributed by atoms with Gasteiger partial charge in [-0.15, -0.1) is 0 Å². The molecule has 116 valence electrons. The maximum absolute atomic E-state index is 10.2. The molecule has 1 aromatic heterocycles. The summed E-state index contributed by atoms with van der Waals surface area (Å²) in [6, 6.07) is 4.09. The number of aliphatic hydroxyl groups is 1. The minimum atomic E-state index is -0.208. The van der Waals surface area contributed by atoms with Gasteiger partial charge < -0.3 is 15.6 Å². The lowest BCUT2D eigenvalue weighted by Gasteiger charge is -2.56. The number of nitrogens with two attached hydrogens (primary N) is 1. The van der Waals surface area contributed by atoms with Crippen LogP contribution in [0.1, 0.15) is 24.8 Å². The van der Waals surface area contributed by atoms with E-state index in [1.165, 1.54) is 5.56 Å². The number of aromatic nitrogens is 1. The summed E-state index contributed by atoms with van der Waals surface area (Å²) in [6.45, 7) is 4.10. The lowest BCUT2D eigenvalue weighted by atomic mass is 9.58. The monoisotopic (exact) mass is 291 g/mol. The van der Waals surface area contributed by atoms with Crippen molar-refractivity contribution in [3.8, 4) is 0 Å². The summed E-state index contributed by atoms with van der Waals surface area (Å²) in [6.07, 6.45) is 6.49. The number of piperidine rings is 1.